The van der Waals surface area contributed by atoms with Gasteiger partial charge in [0.2, 0.25) is 5.92 Å². The topological polar surface area (TPSA) is 100 Å². The van der Waals surface area contributed by atoms with E-state index in [2.05, 4.69) is 17.1 Å². The number of ether oxygens (including phenoxy) is 1. The molecule has 6 nitrogen and oxygen atoms in total. The summed E-state index contributed by atoms with van der Waals surface area (Å²) in [6.07, 6.45) is 2.91. The molecule has 0 spiro atoms. The number of pyridine rings is 1. The van der Waals surface area contributed by atoms with Gasteiger partial charge < -0.3 is 10.5 Å². The molecular formula is C22H19F2N5OS. The molecule has 158 valence electrons. The highest BCUT2D eigenvalue weighted by Crippen LogP contribution is 2.41. The molecule has 2 heterocycles. The average Bonchev–Trinajstić information content (AvgIpc) is 3.31. The Labute approximate surface area is 182 Å². The standard InChI is InChI=1S/C22H19F2N5OS/c1-31-19-8-14(17-11-28-20-4-2-3-15(9-25)29(17)20)7-18(16(19)10-26)30-13-21(27)5-6-22(23,24)12-21/h2-4,7-8,11H,5-6,12-13,27H2,1H3/t21-/m1/s1. The van der Waals surface area contributed by atoms with Crippen LogP contribution in [0.1, 0.15) is 30.5 Å². The van der Waals surface area contributed by atoms with Crippen molar-refractivity contribution in [3.05, 3.63) is 47.8 Å². The summed E-state index contributed by atoms with van der Waals surface area (Å²) in [4.78, 5) is 5.03. The van der Waals surface area contributed by atoms with Crippen molar-refractivity contribution in [1.29, 1.82) is 10.5 Å². The second-order valence-corrected chi connectivity index (χ2v) is 8.56. The van der Waals surface area contributed by atoms with Gasteiger partial charge in [-0.05, 0) is 36.9 Å². The molecule has 2 N–H and O–H groups in total. The number of alkyl halides is 2. The first kappa shape index (κ1) is 21.1. The van der Waals surface area contributed by atoms with Crippen molar-refractivity contribution >= 4 is 17.4 Å². The van der Waals surface area contributed by atoms with Crippen LogP contribution in [0.15, 0.2) is 41.4 Å². The van der Waals surface area contributed by atoms with Crippen molar-refractivity contribution in [2.24, 2.45) is 5.73 Å². The largest absolute Gasteiger partial charge is 0.490 e. The third-order valence-corrected chi connectivity index (χ3v) is 6.21. The highest BCUT2D eigenvalue weighted by atomic mass is 32.2. The van der Waals surface area contributed by atoms with Crippen molar-refractivity contribution in [3.63, 3.8) is 0 Å². The van der Waals surface area contributed by atoms with Gasteiger partial charge in [0.1, 0.15) is 41.4 Å². The van der Waals surface area contributed by atoms with E-state index in [1.165, 1.54) is 11.8 Å². The van der Waals surface area contributed by atoms with E-state index in [4.69, 9.17) is 10.5 Å². The molecular weight excluding hydrogens is 420 g/mol. The van der Waals surface area contributed by atoms with Crippen LogP contribution in [0.4, 0.5) is 8.78 Å². The molecule has 4 rings (SSSR count). The van der Waals surface area contributed by atoms with Crippen molar-refractivity contribution in [1.82, 2.24) is 9.38 Å². The van der Waals surface area contributed by atoms with E-state index in [1.54, 1.807) is 34.9 Å². The Kier molecular flexibility index (Phi) is 5.34. The van der Waals surface area contributed by atoms with Crippen molar-refractivity contribution in [2.45, 2.75) is 35.6 Å². The molecule has 1 aliphatic rings. The predicted octanol–water partition coefficient (Wildman–Crippen LogP) is 4.36. The lowest BCUT2D eigenvalue weighted by molar-refractivity contribution is 0.000376. The lowest BCUT2D eigenvalue weighted by atomic mass is 10.0. The lowest BCUT2D eigenvalue weighted by Crippen LogP contribution is -2.44. The minimum atomic E-state index is -2.80. The minimum Gasteiger partial charge on any atom is -0.490 e. The Balaban J connectivity index is 1.77. The SMILES string of the molecule is CSc1cc(-c2cnc3cccc(C#N)n23)cc(OC[C@@]2(N)CCC(F)(F)C2)c1C#N. The summed E-state index contributed by atoms with van der Waals surface area (Å²) in [6.45, 7) is -0.120. The average molecular weight is 439 g/mol. The number of hydrogen-bond acceptors (Lipinski definition) is 6. The third-order valence-electron chi connectivity index (χ3n) is 5.45. The molecule has 31 heavy (non-hydrogen) atoms. The first-order valence-electron chi connectivity index (χ1n) is 9.58. The van der Waals surface area contributed by atoms with Crippen LogP contribution in [-0.2, 0) is 0 Å². The van der Waals surface area contributed by atoms with Gasteiger partial charge in [0.15, 0.2) is 0 Å². The quantitative estimate of drug-likeness (QED) is 0.593. The molecule has 3 aromatic rings. The van der Waals surface area contributed by atoms with Crippen molar-refractivity contribution < 1.29 is 13.5 Å². The number of thioether (sulfide) groups is 1. The van der Waals surface area contributed by atoms with E-state index >= 15 is 0 Å². The van der Waals surface area contributed by atoms with Gasteiger partial charge in [-0.3, -0.25) is 4.40 Å². The highest BCUT2D eigenvalue weighted by Gasteiger charge is 2.47. The van der Waals surface area contributed by atoms with Crippen LogP contribution in [0.3, 0.4) is 0 Å². The zero-order chi connectivity index (χ0) is 22.2. The molecule has 1 atom stereocenters. The number of nitriles is 2. The number of aromatic nitrogens is 2. The maximum atomic E-state index is 13.7. The first-order valence-corrected chi connectivity index (χ1v) is 10.8. The monoisotopic (exact) mass is 439 g/mol. The number of hydrogen-bond donors (Lipinski definition) is 1. The molecule has 0 aliphatic heterocycles. The Hall–Kier alpha value is -3.14. The molecule has 1 aliphatic carbocycles. The van der Waals surface area contributed by atoms with E-state index in [0.717, 1.165) is 0 Å². The molecule has 1 fully saturated rings. The second-order valence-electron chi connectivity index (χ2n) is 7.71. The van der Waals surface area contributed by atoms with Gasteiger partial charge in [-0.15, -0.1) is 11.8 Å². The van der Waals surface area contributed by atoms with E-state index in [9.17, 15) is 19.3 Å². The summed E-state index contributed by atoms with van der Waals surface area (Å²) in [6, 6.07) is 13.0. The summed E-state index contributed by atoms with van der Waals surface area (Å²) >= 11 is 1.37. The van der Waals surface area contributed by atoms with Crippen LogP contribution in [-0.4, -0.2) is 33.7 Å². The van der Waals surface area contributed by atoms with Crippen molar-refractivity contribution in [3.8, 4) is 29.1 Å². The van der Waals surface area contributed by atoms with Crippen LogP contribution in [0.5, 0.6) is 5.75 Å². The summed E-state index contributed by atoms with van der Waals surface area (Å²) < 4.78 is 34.9. The molecule has 0 unspecified atom stereocenters. The number of benzene rings is 1. The number of nitrogens with zero attached hydrogens (tertiary/aromatic N) is 4. The van der Waals surface area contributed by atoms with Gasteiger partial charge >= 0.3 is 0 Å². The van der Waals surface area contributed by atoms with Gasteiger partial charge in [-0.1, -0.05) is 6.07 Å². The molecule has 0 bridgehead atoms. The number of rotatable bonds is 5. The highest BCUT2D eigenvalue weighted by molar-refractivity contribution is 7.98. The Morgan fingerprint density at radius 3 is 2.71 bits per heavy atom. The van der Waals surface area contributed by atoms with Gasteiger partial charge in [0.05, 0.1) is 17.4 Å². The number of imidazole rings is 1. The zero-order valence-corrected chi connectivity index (χ0v) is 17.5. The zero-order valence-electron chi connectivity index (χ0n) is 16.7. The molecule has 0 radical (unpaired) electrons. The maximum absolute atomic E-state index is 13.7. The van der Waals surface area contributed by atoms with Gasteiger partial charge in [0.25, 0.3) is 0 Å². The van der Waals surface area contributed by atoms with Crippen molar-refractivity contribution in [2.75, 3.05) is 12.9 Å². The summed E-state index contributed by atoms with van der Waals surface area (Å²) in [7, 11) is 0. The summed E-state index contributed by atoms with van der Waals surface area (Å²) in [5.41, 5.74) is 7.69. The molecule has 2 aromatic heterocycles. The lowest BCUT2D eigenvalue weighted by Gasteiger charge is -2.24. The number of fused-ring (bicyclic) bond motifs is 1. The first-order chi connectivity index (χ1) is 14.8. The Morgan fingerprint density at radius 2 is 2.06 bits per heavy atom. The number of halogens is 2. The van der Waals surface area contributed by atoms with E-state index in [1.807, 2.05) is 12.3 Å². The fraction of sp³-hybridized carbons (Fsp3) is 0.318. The third kappa shape index (κ3) is 3.95. The summed E-state index contributed by atoms with van der Waals surface area (Å²) in [5.74, 6) is -2.53. The molecule has 1 aromatic carbocycles. The fourth-order valence-corrected chi connectivity index (χ4v) is 4.51. The van der Waals surface area contributed by atoms with Crippen LogP contribution in [0, 0.1) is 22.7 Å². The van der Waals surface area contributed by atoms with Crippen LogP contribution in [0.25, 0.3) is 16.9 Å². The minimum absolute atomic E-state index is 0.120. The van der Waals surface area contributed by atoms with Gasteiger partial charge in [-0.2, -0.15) is 10.5 Å². The molecule has 9 heteroatoms. The van der Waals surface area contributed by atoms with Gasteiger partial charge in [0, 0.05) is 23.3 Å². The van der Waals surface area contributed by atoms with E-state index in [0.29, 0.717) is 33.1 Å². The van der Waals surface area contributed by atoms with Crippen LogP contribution < -0.4 is 10.5 Å². The van der Waals surface area contributed by atoms with Crippen LogP contribution >= 0.6 is 11.8 Å². The smallest absolute Gasteiger partial charge is 0.250 e. The van der Waals surface area contributed by atoms with Gasteiger partial charge in [-0.25, -0.2) is 13.8 Å². The van der Waals surface area contributed by atoms with E-state index in [-0.39, 0.29) is 25.2 Å². The Morgan fingerprint density at radius 1 is 1.26 bits per heavy atom. The molecule has 1 saturated carbocycles. The molecule has 0 saturated heterocycles. The summed E-state index contributed by atoms with van der Waals surface area (Å²) in [5, 5.41) is 19.2. The normalized spacial score (nSPS) is 19.8. The van der Waals surface area contributed by atoms with Crippen LogP contribution in [0.2, 0.25) is 0 Å². The maximum Gasteiger partial charge on any atom is 0.250 e. The van der Waals surface area contributed by atoms with E-state index < -0.39 is 17.9 Å². The second kappa shape index (κ2) is 7.84. The predicted molar refractivity (Wildman–Crippen MR) is 113 cm³/mol. The fourth-order valence-electron chi connectivity index (χ4n) is 3.92. The number of nitrogens with two attached hydrogens (primary N) is 1. The molecule has 0 amide bonds. The Bertz CT molecular complexity index is 1240.